The predicted molar refractivity (Wildman–Crippen MR) is 240 cm³/mol. The Kier molecular flexibility index (Phi) is 7.83. The molecule has 3 aromatic heterocycles. The molecule has 0 saturated heterocycles. The number of benzene rings is 8. The van der Waals surface area contributed by atoms with E-state index in [2.05, 4.69) is 126 Å². The first kappa shape index (κ1) is 33.1. The normalized spacial score (nSPS) is 12.6. The van der Waals surface area contributed by atoms with E-state index in [9.17, 15) is 0 Å². The summed E-state index contributed by atoms with van der Waals surface area (Å²) in [5.41, 5.74) is 16.8. The van der Waals surface area contributed by atoms with Crippen LogP contribution in [0.5, 0.6) is 0 Å². The van der Waals surface area contributed by atoms with Crippen molar-refractivity contribution in [1.82, 2.24) is 4.57 Å². The molecule has 0 amide bonds. The number of rotatable bonds is 6. The number of furan rings is 1. The summed E-state index contributed by atoms with van der Waals surface area (Å²) in [6.45, 7) is 0.438. The molecule has 0 radical (unpaired) electrons. The molecule has 6 heteroatoms. The molecule has 0 fully saturated rings. The third-order valence-corrected chi connectivity index (χ3v) is 12.1. The van der Waals surface area contributed by atoms with E-state index >= 15 is 0 Å². The van der Waals surface area contributed by atoms with E-state index in [1.807, 2.05) is 60.7 Å². The fraction of sp³-hybridized carbons (Fsp3) is 0.0196. The lowest BCUT2D eigenvalue weighted by atomic mass is 9.96. The standard InChI is InChI=1S/C51H34N4OS/c52-50(32-14-3-1-4-15-32)54-51(33-16-5-2-6-17-33)53-31-34-18-11-26-45-47(34)48-39(21-13-27-46(48)57-45)41-23-12-22-40-38-29-28-35(30-44(38)56-49(40)41)55-42-24-9-7-19-36(42)37-20-8-10-25-43(37)55/h1-30H,31H2,(H2,52,53,54). The van der Waals surface area contributed by atoms with Gasteiger partial charge in [0.05, 0.1) is 17.6 Å². The summed E-state index contributed by atoms with van der Waals surface area (Å²) in [6.07, 6.45) is 0. The second-order valence-corrected chi connectivity index (χ2v) is 15.4. The van der Waals surface area contributed by atoms with Crippen molar-refractivity contribution >= 4 is 86.9 Å². The van der Waals surface area contributed by atoms with Gasteiger partial charge in [-0.15, -0.1) is 11.3 Å². The van der Waals surface area contributed by atoms with Crippen LogP contribution in [0.3, 0.4) is 0 Å². The first-order valence-corrected chi connectivity index (χ1v) is 19.9. The molecule has 0 unspecified atom stereocenters. The molecule has 11 rings (SSSR count). The molecule has 0 saturated carbocycles. The molecule has 11 aromatic rings. The summed E-state index contributed by atoms with van der Waals surface area (Å²) in [4.78, 5) is 10.0. The van der Waals surface area contributed by atoms with Gasteiger partial charge < -0.3 is 14.7 Å². The van der Waals surface area contributed by atoms with Crippen molar-refractivity contribution in [2.75, 3.05) is 0 Å². The number of thiophene rings is 1. The molecule has 0 aliphatic heterocycles. The van der Waals surface area contributed by atoms with Crippen LogP contribution in [0.2, 0.25) is 0 Å². The maximum Gasteiger partial charge on any atom is 0.157 e. The van der Waals surface area contributed by atoms with Gasteiger partial charge in [0.15, 0.2) is 5.84 Å². The Balaban J connectivity index is 1.06. The van der Waals surface area contributed by atoms with Crippen molar-refractivity contribution in [1.29, 1.82) is 0 Å². The highest BCUT2D eigenvalue weighted by molar-refractivity contribution is 7.26. The van der Waals surface area contributed by atoms with Gasteiger partial charge in [0.2, 0.25) is 0 Å². The van der Waals surface area contributed by atoms with Crippen LogP contribution in [0.15, 0.2) is 196 Å². The quantitative estimate of drug-likeness (QED) is 0.136. The number of nitrogens with zero attached hydrogens (tertiary/aromatic N) is 3. The van der Waals surface area contributed by atoms with Gasteiger partial charge in [0, 0.05) is 70.2 Å². The van der Waals surface area contributed by atoms with E-state index in [1.54, 1.807) is 11.3 Å². The Bertz CT molecular complexity index is 3340. The maximum atomic E-state index is 6.91. The predicted octanol–water partition coefficient (Wildman–Crippen LogP) is 13.1. The Labute approximate surface area is 332 Å². The number of hydrogen-bond acceptors (Lipinski definition) is 3. The number of para-hydroxylation sites is 3. The molecular weight excluding hydrogens is 717 g/mol. The Morgan fingerprint density at radius 1 is 0.544 bits per heavy atom. The molecule has 8 aromatic carbocycles. The van der Waals surface area contributed by atoms with Gasteiger partial charge in [-0.2, -0.15) is 0 Å². The van der Waals surface area contributed by atoms with Crippen LogP contribution in [0.25, 0.3) is 80.7 Å². The molecule has 3 heterocycles. The highest BCUT2D eigenvalue weighted by Gasteiger charge is 2.20. The number of aromatic nitrogens is 1. The van der Waals surface area contributed by atoms with Gasteiger partial charge in [-0.3, -0.25) is 4.99 Å². The lowest BCUT2D eigenvalue weighted by molar-refractivity contribution is 0.670. The lowest BCUT2D eigenvalue weighted by Crippen LogP contribution is -2.16. The SMILES string of the molecule is NC(=NC(=NCc1cccc2sc3cccc(-c4cccc5c4oc4cc(-n6c7ccccc7c7ccccc76)ccc45)c3c12)c1ccccc1)c1ccccc1. The van der Waals surface area contributed by atoms with Crippen LogP contribution < -0.4 is 5.73 Å². The first-order chi connectivity index (χ1) is 28.2. The molecule has 5 nitrogen and oxygen atoms in total. The smallest absolute Gasteiger partial charge is 0.157 e. The van der Waals surface area contributed by atoms with Crippen molar-refractivity contribution in [2.45, 2.75) is 6.54 Å². The minimum Gasteiger partial charge on any atom is -0.455 e. The lowest BCUT2D eigenvalue weighted by Gasteiger charge is -2.09. The van der Waals surface area contributed by atoms with E-state index in [1.165, 1.54) is 42.0 Å². The zero-order valence-corrected chi connectivity index (χ0v) is 31.6. The summed E-state index contributed by atoms with van der Waals surface area (Å²) in [6, 6.07) is 63.3. The fourth-order valence-corrected chi connectivity index (χ4v) is 9.54. The monoisotopic (exact) mass is 750 g/mol. The van der Waals surface area contributed by atoms with Crippen molar-refractivity contribution in [3.63, 3.8) is 0 Å². The maximum absolute atomic E-state index is 6.91. The van der Waals surface area contributed by atoms with Gasteiger partial charge in [-0.05, 0) is 47.5 Å². The zero-order chi connectivity index (χ0) is 37.9. The van der Waals surface area contributed by atoms with Crippen LogP contribution in [-0.2, 0) is 6.54 Å². The largest absolute Gasteiger partial charge is 0.455 e. The van der Waals surface area contributed by atoms with Crippen LogP contribution in [-0.4, -0.2) is 16.2 Å². The van der Waals surface area contributed by atoms with E-state index in [4.69, 9.17) is 20.1 Å². The first-order valence-electron chi connectivity index (χ1n) is 19.1. The van der Waals surface area contributed by atoms with Crippen molar-refractivity contribution in [3.8, 4) is 16.8 Å². The molecule has 0 aliphatic carbocycles. The van der Waals surface area contributed by atoms with Crippen LogP contribution >= 0.6 is 11.3 Å². The molecule has 0 spiro atoms. The zero-order valence-electron chi connectivity index (χ0n) is 30.8. The molecule has 0 bridgehead atoms. The second-order valence-electron chi connectivity index (χ2n) is 14.3. The summed E-state index contributed by atoms with van der Waals surface area (Å²) in [7, 11) is 0. The molecule has 0 atom stereocenters. The summed E-state index contributed by atoms with van der Waals surface area (Å²) in [5, 5.41) is 7.07. The highest BCUT2D eigenvalue weighted by atomic mass is 32.1. The topological polar surface area (TPSA) is 68.8 Å². The molecule has 0 aliphatic rings. The van der Waals surface area contributed by atoms with Gasteiger partial charge in [0.25, 0.3) is 0 Å². The number of fused-ring (bicyclic) bond motifs is 9. The van der Waals surface area contributed by atoms with E-state index in [0.29, 0.717) is 18.2 Å². The molecular formula is C51H34N4OS. The fourth-order valence-electron chi connectivity index (χ4n) is 8.36. The highest BCUT2D eigenvalue weighted by Crippen LogP contribution is 2.45. The molecule has 2 N–H and O–H groups in total. The van der Waals surface area contributed by atoms with Crippen LogP contribution in [0, 0.1) is 0 Å². The van der Waals surface area contributed by atoms with E-state index in [0.717, 1.165) is 55.4 Å². The minimum absolute atomic E-state index is 0.431. The van der Waals surface area contributed by atoms with Crippen LogP contribution in [0.1, 0.15) is 16.7 Å². The second kappa shape index (κ2) is 13.5. The van der Waals surface area contributed by atoms with Crippen LogP contribution in [0.4, 0.5) is 0 Å². The van der Waals surface area contributed by atoms with Crippen molar-refractivity contribution in [2.24, 2.45) is 15.7 Å². The molecule has 57 heavy (non-hydrogen) atoms. The summed E-state index contributed by atoms with van der Waals surface area (Å²) >= 11 is 1.81. The van der Waals surface area contributed by atoms with Gasteiger partial charge in [0.1, 0.15) is 17.0 Å². The van der Waals surface area contributed by atoms with Crippen molar-refractivity contribution < 1.29 is 4.42 Å². The Hall–Kier alpha value is -7.28. The third-order valence-electron chi connectivity index (χ3n) is 10.9. The summed E-state index contributed by atoms with van der Waals surface area (Å²) in [5.74, 6) is 1.03. The van der Waals surface area contributed by atoms with E-state index in [-0.39, 0.29) is 0 Å². The number of amidine groups is 2. The number of aliphatic imine (C=N–C) groups is 2. The Morgan fingerprint density at radius 2 is 1.16 bits per heavy atom. The average molecular weight is 751 g/mol. The average Bonchev–Trinajstić information content (AvgIpc) is 3.95. The number of hydrogen-bond donors (Lipinski definition) is 1. The molecule has 270 valence electrons. The Morgan fingerprint density at radius 3 is 1.91 bits per heavy atom. The number of nitrogens with two attached hydrogens (primary N) is 1. The third kappa shape index (κ3) is 5.53. The van der Waals surface area contributed by atoms with E-state index < -0.39 is 0 Å². The minimum atomic E-state index is 0.431. The van der Waals surface area contributed by atoms with Gasteiger partial charge >= 0.3 is 0 Å². The van der Waals surface area contributed by atoms with Crippen molar-refractivity contribution in [3.05, 3.63) is 199 Å². The van der Waals surface area contributed by atoms with Gasteiger partial charge in [-0.1, -0.05) is 140 Å². The van der Waals surface area contributed by atoms with Gasteiger partial charge in [-0.25, -0.2) is 4.99 Å². The summed E-state index contributed by atoms with van der Waals surface area (Å²) < 4.78 is 11.7.